The smallest absolute Gasteiger partial charge is 0.207 e. The highest BCUT2D eigenvalue weighted by Gasteiger charge is 2.24. The summed E-state index contributed by atoms with van der Waals surface area (Å²) in [5.41, 5.74) is 0.795. The van der Waals surface area contributed by atoms with Crippen molar-refractivity contribution in [2.24, 2.45) is 0 Å². The van der Waals surface area contributed by atoms with Gasteiger partial charge in [-0.05, 0) is 26.3 Å². The molecule has 1 heterocycles. The lowest BCUT2D eigenvalue weighted by molar-refractivity contribution is -0.109. The van der Waals surface area contributed by atoms with Gasteiger partial charge in [0.05, 0.1) is 18.8 Å². The van der Waals surface area contributed by atoms with Crippen LogP contribution in [0.2, 0.25) is 0 Å². The number of rotatable bonds is 7. The van der Waals surface area contributed by atoms with Gasteiger partial charge < -0.3 is 15.0 Å². The van der Waals surface area contributed by atoms with E-state index < -0.39 is 6.17 Å². The van der Waals surface area contributed by atoms with E-state index in [1.54, 1.807) is 12.2 Å². The van der Waals surface area contributed by atoms with Crippen molar-refractivity contribution in [3.8, 4) is 0 Å². The second kappa shape index (κ2) is 7.94. The van der Waals surface area contributed by atoms with E-state index in [4.69, 9.17) is 4.74 Å². The van der Waals surface area contributed by atoms with E-state index in [0.29, 0.717) is 26.0 Å². The van der Waals surface area contributed by atoms with Gasteiger partial charge in [-0.3, -0.25) is 4.79 Å². The molecular formula is C14H23FN2O2. The van der Waals surface area contributed by atoms with E-state index in [-0.39, 0.29) is 18.6 Å². The van der Waals surface area contributed by atoms with E-state index in [9.17, 15) is 9.18 Å². The molecule has 1 amide bonds. The molecule has 1 N–H and O–H groups in total. The van der Waals surface area contributed by atoms with Crippen LogP contribution in [0.5, 0.6) is 0 Å². The fourth-order valence-electron chi connectivity index (χ4n) is 2.27. The zero-order valence-electron chi connectivity index (χ0n) is 11.6. The summed E-state index contributed by atoms with van der Waals surface area (Å²) < 4.78 is 19.4. The molecule has 1 aliphatic rings. The molecule has 0 aromatic rings. The molecule has 0 aromatic heterocycles. The van der Waals surface area contributed by atoms with Crippen molar-refractivity contribution in [1.82, 2.24) is 10.2 Å². The SMILES string of the molecule is C=CCC(F)/C=C(\CNC=O)N1CC(C)OC(C)C1. The molecule has 3 atom stereocenters. The molecule has 0 aliphatic carbocycles. The number of alkyl halides is 1. The van der Waals surface area contributed by atoms with Crippen molar-refractivity contribution in [2.75, 3.05) is 19.6 Å². The number of carbonyl (C=O) groups is 1. The van der Waals surface area contributed by atoms with Crippen LogP contribution in [0.15, 0.2) is 24.4 Å². The van der Waals surface area contributed by atoms with Gasteiger partial charge in [0, 0.05) is 18.8 Å². The van der Waals surface area contributed by atoms with Gasteiger partial charge in [0.2, 0.25) is 6.41 Å². The maximum absolute atomic E-state index is 13.7. The summed E-state index contributed by atoms with van der Waals surface area (Å²) in [5, 5.41) is 2.60. The average molecular weight is 270 g/mol. The Morgan fingerprint density at radius 2 is 2.16 bits per heavy atom. The molecule has 4 nitrogen and oxygen atoms in total. The number of ether oxygens (including phenoxy) is 1. The predicted molar refractivity (Wildman–Crippen MR) is 73.4 cm³/mol. The van der Waals surface area contributed by atoms with Crippen LogP contribution in [0.3, 0.4) is 0 Å². The molecule has 1 saturated heterocycles. The number of carbonyl (C=O) groups excluding carboxylic acids is 1. The van der Waals surface area contributed by atoms with Crippen LogP contribution in [0, 0.1) is 0 Å². The molecule has 0 radical (unpaired) electrons. The summed E-state index contributed by atoms with van der Waals surface area (Å²) in [5.74, 6) is 0. The summed E-state index contributed by atoms with van der Waals surface area (Å²) >= 11 is 0. The molecule has 1 aliphatic heterocycles. The van der Waals surface area contributed by atoms with Crippen LogP contribution in [0.25, 0.3) is 0 Å². The number of hydrogen-bond acceptors (Lipinski definition) is 3. The Labute approximate surface area is 114 Å². The number of allylic oxidation sites excluding steroid dienone is 2. The van der Waals surface area contributed by atoms with Crippen LogP contribution >= 0.6 is 0 Å². The summed E-state index contributed by atoms with van der Waals surface area (Å²) in [7, 11) is 0. The fourth-order valence-corrected chi connectivity index (χ4v) is 2.27. The first-order valence-corrected chi connectivity index (χ1v) is 6.60. The number of morpholine rings is 1. The Hall–Kier alpha value is -1.36. The minimum absolute atomic E-state index is 0.0980. The number of halogens is 1. The van der Waals surface area contributed by atoms with Gasteiger partial charge in [-0.2, -0.15) is 0 Å². The molecule has 0 aromatic carbocycles. The zero-order chi connectivity index (χ0) is 14.3. The molecule has 0 saturated carbocycles. The zero-order valence-corrected chi connectivity index (χ0v) is 11.6. The third-order valence-corrected chi connectivity index (χ3v) is 2.96. The van der Waals surface area contributed by atoms with Crippen LogP contribution in [0.1, 0.15) is 20.3 Å². The largest absolute Gasteiger partial charge is 0.372 e. The van der Waals surface area contributed by atoms with Gasteiger partial charge in [-0.25, -0.2) is 4.39 Å². The minimum atomic E-state index is -1.07. The van der Waals surface area contributed by atoms with Crippen molar-refractivity contribution >= 4 is 6.41 Å². The second-order valence-corrected chi connectivity index (χ2v) is 4.86. The van der Waals surface area contributed by atoms with Gasteiger partial charge >= 0.3 is 0 Å². The maximum atomic E-state index is 13.7. The third kappa shape index (κ3) is 5.42. The van der Waals surface area contributed by atoms with Crippen LogP contribution in [-0.2, 0) is 9.53 Å². The Morgan fingerprint density at radius 1 is 1.53 bits per heavy atom. The van der Waals surface area contributed by atoms with Crippen molar-refractivity contribution < 1.29 is 13.9 Å². The second-order valence-electron chi connectivity index (χ2n) is 4.86. The Morgan fingerprint density at radius 3 is 2.68 bits per heavy atom. The average Bonchev–Trinajstić information content (AvgIpc) is 2.33. The van der Waals surface area contributed by atoms with Crippen molar-refractivity contribution in [3.05, 3.63) is 24.4 Å². The molecule has 19 heavy (non-hydrogen) atoms. The lowest BCUT2D eigenvalue weighted by Crippen LogP contribution is -2.46. The third-order valence-electron chi connectivity index (χ3n) is 2.96. The number of hydrogen-bond donors (Lipinski definition) is 1. The molecular weight excluding hydrogens is 247 g/mol. The maximum Gasteiger partial charge on any atom is 0.207 e. The molecule has 0 spiro atoms. The van der Waals surface area contributed by atoms with E-state index in [2.05, 4.69) is 16.8 Å². The Balaban J connectivity index is 2.76. The fraction of sp³-hybridized carbons (Fsp3) is 0.643. The predicted octanol–water partition coefficient (Wildman–Crippen LogP) is 1.64. The quantitative estimate of drug-likeness (QED) is 0.565. The summed E-state index contributed by atoms with van der Waals surface area (Å²) in [6.45, 7) is 9.26. The Kier molecular flexibility index (Phi) is 6.56. The first-order valence-electron chi connectivity index (χ1n) is 6.60. The molecule has 1 fully saturated rings. The minimum Gasteiger partial charge on any atom is -0.372 e. The van der Waals surface area contributed by atoms with E-state index in [1.807, 2.05) is 13.8 Å². The van der Waals surface area contributed by atoms with Gasteiger partial charge in [-0.1, -0.05) is 6.08 Å². The summed E-state index contributed by atoms with van der Waals surface area (Å²) in [6.07, 6.45) is 3.14. The molecule has 108 valence electrons. The van der Waals surface area contributed by atoms with Crippen LogP contribution < -0.4 is 5.32 Å². The van der Waals surface area contributed by atoms with Gasteiger partial charge in [0.1, 0.15) is 6.17 Å². The first kappa shape index (κ1) is 15.7. The normalized spacial score (nSPS) is 25.8. The first-order chi connectivity index (χ1) is 9.06. The van der Waals surface area contributed by atoms with E-state index in [0.717, 1.165) is 5.70 Å². The highest BCUT2D eigenvalue weighted by Crippen LogP contribution is 2.17. The molecule has 1 rings (SSSR count). The topological polar surface area (TPSA) is 41.6 Å². The lowest BCUT2D eigenvalue weighted by atomic mass is 10.1. The molecule has 5 heteroatoms. The van der Waals surface area contributed by atoms with E-state index >= 15 is 0 Å². The van der Waals surface area contributed by atoms with Crippen molar-refractivity contribution in [1.29, 1.82) is 0 Å². The Bertz CT molecular complexity index is 323. The van der Waals surface area contributed by atoms with E-state index in [1.165, 1.54) is 0 Å². The van der Waals surface area contributed by atoms with Crippen molar-refractivity contribution in [3.63, 3.8) is 0 Å². The van der Waals surface area contributed by atoms with Crippen LogP contribution in [-0.4, -0.2) is 49.3 Å². The van der Waals surface area contributed by atoms with Crippen molar-refractivity contribution in [2.45, 2.75) is 38.6 Å². The number of nitrogens with one attached hydrogen (secondary N) is 1. The standard InChI is InChI=1S/C14H23FN2O2/c1-4-5-13(15)6-14(7-16-10-18)17-8-11(2)19-12(3)9-17/h4,6,10-13H,1,5,7-9H2,2-3H3,(H,16,18)/b14-6+. The number of amides is 1. The monoisotopic (exact) mass is 270 g/mol. The summed E-state index contributed by atoms with van der Waals surface area (Å²) in [4.78, 5) is 12.5. The number of nitrogens with zero attached hydrogens (tertiary/aromatic N) is 1. The van der Waals surface area contributed by atoms with Gasteiger partial charge in [0.15, 0.2) is 0 Å². The highest BCUT2D eigenvalue weighted by atomic mass is 19.1. The van der Waals surface area contributed by atoms with Gasteiger partial charge in [0.25, 0.3) is 0 Å². The van der Waals surface area contributed by atoms with Gasteiger partial charge in [-0.15, -0.1) is 6.58 Å². The lowest BCUT2D eigenvalue weighted by Gasteiger charge is -2.38. The molecule has 3 unspecified atom stereocenters. The highest BCUT2D eigenvalue weighted by molar-refractivity contribution is 5.46. The van der Waals surface area contributed by atoms with Crippen LogP contribution in [0.4, 0.5) is 4.39 Å². The molecule has 0 bridgehead atoms. The summed E-state index contributed by atoms with van der Waals surface area (Å²) in [6, 6.07) is 0.